The molecule has 106 valence electrons. The molecule has 0 saturated heterocycles. The normalized spacial score (nSPS) is 12.6. The van der Waals surface area contributed by atoms with E-state index in [0.29, 0.717) is 15.6 Å². The largest absolute Gasteiger partial charge is 0.389 e. The minimum absolute atomic E-state index is 0.0339. The van der Waals surface area contributed by atoms with Gasteiger partial charge in [-0.15, -0.1) is 0 Å². The number of halogens is 1. The molecule has 0 aliphatic rings. The predicted molar refractivity (Wildman–Crippen MR) is 76.0 cm³/mol. The van der Waals surface area contributed by atoms with Crippen LogP contribution in [0, 0.1) is 11.3 Å². The topological polar surface area (TPSA) is 95.5 Å². The van der Waals surface area contributed by atoms with Gasteiger partial charge in [0.05, 0.1) is 33.5 Å². The van der Waals surface area contributed by atoms with E-state index in [1.165, 1.54) is 36.8 Å². The molecule has 0 aliphatic carbocycles. The fraction of sp³-hybridized carbons (Fsp3) is 0.333. The Kier molecular flexibility index (Phi) is 3.62. The molecular weight excluding hydrogens is 346 g/mol. The van der Waals surface area contributed by atoms with E-state index in [9.17, 15) is 13.5 Å². The van der Waals surface area contributed by atoms with Crippen LogP contribution < -0.4 is 0 Å². The molecule has 20 heavy (non-hydrogen) atoms. The fourth-order valence-electron chi connectivity index (χ4n) is 1.85. The summed E-state index contributed by atoms with van der Waals surface area (Å²) in [6.07, 6.45) is 2.70. The monoisotopic (exact) mass is 357 g/mol. The van der Waals surface area contributed by atoms with Crippen molar-refractivity contribution in [3.63, 3.8) is 0 Å². The standard InChI is InChI=1S/C12H12BrN3O3S/c1-12(2,17)7-20(18,19)9-3-10(13)11-8(4-14)5-15-16(11)6-9/h3,5-6,17H,7H2,1-2H3. The zero-order valence-corrected chi connectivity index (χ0v) is 13.2. The van der Waals surface area contributed by atoms with Gasteiger partial charge in [0.1, 0.15) is 6.07 Å². The minimum Gasteiger partial charge on any atom is -0.389 e. The van der Waals surface area contributed by atoms with Gasteiger partial charge in [-0.05, 0) is 35.8 Å². The fourth-order valence-corrected chi connectivity index (χ4v) is 4.30. The summed E-state index contributed by atoms with van der Waals surface area (Å²) < 4.78 is 26.3. The molecule has 0 saturated carbocycles. The van der Waals surface area contributed by atoms with E-state index in [2.05, 4.69) is 21.0 Å². The number of fused-ring (bicyclic) bond motifs is 1. The molecule has 8 heteroatoms. The van der Waals surface area contributed by atoms with Crippen LogP contribution in [0.5, 0.6) is 0 Å². The molecule has 0 aliphatic heterocycles. The molecule has 0 radical (unpaired) electrons. The molecule has 2 heterocycles. The summed E-state index contributed by atoms with van der Waals surface area (Å²) in [5.41, 5.74) is -0.472. The third kappa shape index (κ3) is 2.85. The summed E-state index contributed by atoms with van der Waals surface area (Å²) in [4.78, 5) is 0.0339. The molecule has 2 rings (SSSR count). The van der Waals surface area contributed by atoms with Crippen molar-refractivity contribution in [3.8, 4) is 6.07 Å². The first-order chi connectivity index (χ1) is 9.14. The molecule has 6 nitrogen and oxygen atoms in total. The SMILES string of the molecule is CC(C)(O)CS(=O)(=O)c1cc(Br)c2c(C#N)cnn2c1. The lowest BCUT2D eigenvalue weighted by molar-refractivity contribution is 0.105. The molecule has 2 aromatic rings. The maximum atomic E-state index is 12.2. The van der Waals surface area contributed by atoms with Gasteiger partial charge in [-0.25, -0.2) is 12.9 Å². The van der Waals surface area contributed by atoms with Crippen LogP contribution in [0.25, 0.3) is 5.52 Å². The number of hydrogen-bond acceptors (Lipinski definition) is 5. The zero-order valence-electron chi connectivity index (χ0n) is 10.8. The minimum atomic E-state index is -3.65. The van der Waals surface area contributed by atoms with Crippen molar-refractivity contribution >= 4 is 31.3 Å². The lowest BCUT2D eigenvalue weighted by Crippen LogP contribution is -2.30. The first-order valence-corrected chi connectivity index (χ1v) is 8.11. The number of rotatable bonds is 3. The van der Waals surface area contributed by atoms with Crippen LogP contribution in [0.15, 0.2) is 27.8 Å². The molecule has 0 bridgehead atoms. The highest BCUT2D eigenvalue weighted by Gasteiger charge is 2.26. The van der Waals surface area contributed by atoms with Gasteiger partial charge in [-0.3, -0.25) is 0 Å². The molecule has 0 unspecified atom stereocenters. The Balaban J connectivity index is 2.61. The lowest BCUT2D eigenvalue weighted by atomic mass is 10.2. The van der Waals surface area contributed by atoms with E-state index in [1.807, 2.05) is 6.07 Å². The third-order valence-corrected chi connectivity index (χ3v) is 5.20. The first-order valence-electron chi connectivity index (χ1n) is 5.66. The second-order valence-corrected chi connectivity index (χ2v) is 7.90. The Labute approximate surface area is 124 Å². The Morgan fingerprint density at radius 3 is 2.75 bits per heavy atom. The lowest BCUT2D eigenvalue weighted by Gasteiger charge is -2.17. The van der Waals surface area contributed by atoms with Gasteiger partial charge < -0.3 is 5.11 Å². The molecule has 2 aromatic heterocycles. The molecule has 1 N–H and O–H groups in total. The van der Waals surface area contributed by atoms with Crippen molar-refractivity contribution in [2.24, 2.45) is 0 Å². The Morgan fingerprint density at radius 2 is 2.20 bits per heavy atom. The second kappa shape index (κ2) is 4.84. The number of hydrogen-bond donors (Lipinski definition) is 1. The smallest absolute Gasteiger partial charge is 0.182 e. The van der Waals surface area contributed by atoms with Crippen LogP contribution in [0.4, 0.5) is 0 Å². The zero-order chi connectivity index (χ0) is 15.1. The second-order valence-electron chi connectivity index (χ2n) is 5.06. The van der Waals surface area contributed by atoms with Gasteiger partial charge in [-0.1, -0.05) is 0 Å². The molecular formula is C12H12BrN3O3S. The molecule has 0 fully saturated rings. The molecule has 0 amide bonds. The average molecular weight is 358 g/mol. The predicted octanol–water partition coefficient (Wildman–Crippen LogP) is 1.51. The van der Waals surface area contributed by atoms with Crippen LogP contribution in [0.3, 0.4) is 0 Å². The first kappa shape index (κ1) is 15.0. The van der Waals surface area contributed by atoms with E-state index in [4.69, 9.17) is 5.26 Å². The van der Waals surface area contributed by atoms with Crippen LogP contribution >= 0.6 is 15.9 Å². The maximum Gasteiger partial charge on any atom is 0.182 e. The summed E-state index contributed by atoms with van der Waals surface area (Å²) in [5, 5.41) is 22.6. The van der Waals surface area contributed by atoms with Crippen molar-refractivity contribution in [1.29, 1.82) is 5.26 Å². The highest BCUT2D eigenvalue weighted by molar-refractivity contribution is 9.10. The number of nitriles is 1. The maximum absolute atomic E-state index is 12.2. The highest BCUT2D eigenvalue weighted by Crippen LogP contribution is 2.26. The number of nitrogens with zero attached hydrogens (tertiary/aromatic N) is 3. The van der Waals surface area contributed by atoms with Crippen molar-refractivity contribution < 1.29 is 13.5 Å². The number of pyridine rings is 1. The quantitative estimate of drug-likeness (QED) is 0.897. The summed E-state index contributed by atoms with van der Waals surface area (Å²) in [6, 6.07) is 3.40. The van der Waals surface area contributed by atoms with E-state index < -0.39 is 21.2 Å². The third-order valence-electron chi connectivity index (χ3n) is 2.56. The Hall–Kier alpha value is -1.43. The van der Waals surface area contributed by atoms with Gasteiger partial charge in [-0.2, -0.15) is 10.4 Å². The molecule has 0 spiro atoms. The van der Waals surface area contributed by atoms with Crippen LogP contribution in [-0.2, 0) is 9.84 Å². The van der Waals surface area contributed by atoms with Gasteiger partial charge in [0, 0.05) is 10.7 Å². The number of aromatic nitrogens is 2. The number of sulfone groups is 1. The van der Waals surface area contributed by atoms with E-state index in [1.54, 1.807) is 0 Å². The van der Waals surface area contributed by atoms with Crippen LogP contribution in [0.2, 0.25) is 0 Å². The summed E-state index contributed by atoms with van der Waals surface area (Å²) >= 11 is 3.25. The van der Waals surface area contributed by atoms with E-state index in [0.717, 1.165) is 0 Å². The van der Waals surface area contributed by atoms with Gasteiger partial charge in [0.2, 0.25) is 0 Å². The van der Waals surface area contributed by atoms with Crippen molar-refractivity contribution in [3.05, 3.63) is 28.5 Å². The Morgan fingerprint density at radius 1 is 1.55 bits per heavy atom. The van der Waals surface area contributed by atoms with Crippen LogP contribution in [0.1, 0.15) is 19.4 Å². The van der Waals surface area contributed by atoms with Crippen LogP contribution in [-0.4, -0.2) is 34.5 Å². The summed E-state index contributed by atoms with van der Waals surface area (Å²) in [6.45, 7) is 2.86. The van der Waals surface area contributed by atoms with E-state index in [-0.39, 0.29) is 4.90 Å². The molecule has 0 aromatic carbocycles. The summed E-state index contributed by atoms with van der Waals surface area (Å²) in [5.74, 6) is -0.398. The Bertz CT molecular complexity index is 813. The van der Waals surface area contributed by atoms with E-state index >= 15 is 0 Å². The van der Waals surface area contributed by atoms with Crippen molar-refractivity contribution in [2.75, 3.05) is 5.75 Å². The molecule has 0 atom stereocenters. The highest BCUT2D eigenvalue weighted by atomic mass is 79.9. The van der Waals surface area contributed by atoms with Gasteiger partial charge in [0.15, 0.2) is 9.84 Å². The number of aliphatic hydroxyl groups is 1. The van der Waals surface area contributed by atoms with Gasteiger partial charge >= 0.3 is 0 Å². The average Bonchev–Trinajstić information content (AvgIpc) is 2.69. The van der Waals surface area contributed by atoms with Crippen molar-refractivity contribution in [1.82, 2.24) is 9.61 Å². The van der Waals surface area contributed by atoms with Crippen molar-refractivity contribution in [2.45, 2.75) is 24.3 Å². The van der Waals surface area contributed by atoms with Gasteiger partial charge in [0.25, 0.3) is 0 Å². The summed E-state index contributed by atoms with van der Waals surface area (Å²) in [7, 11) is -3.65.